The van der Waals surface area contributed by atoms with E-state index in [1.54, 1.807) is 18.2 Å². The van der Waals surface area contributed by atoms with Crippen LogP contribution in [0, 0.1) is 10.1 Å². The van der Waals surface area contributed by atoms with Gasteiger partial charge in [0.15, 0.2) is 0 Å². The number of nitro benzene ring substituents is 1. The number of hydrogen-bond acceptors (Lipinski definition) is 5. The van der Waals surface area contributed by atoms with E-state index in [0.29, 0.717) is 17.3 Å². The van der Waals surface area contributed by atoms with Crippen LogP contribution < -0.4 is 4.90 Å². The zero-order valence-corrected chi connectivity index (χ0v) is 17.0. The monoisotopic (exact) mass is 398 g/mol. The fourth-order valence-corrected chi connectivity index (χ4v) is 4.85. The summed E-state index contributed by atoms with van der Waals surface area (Å²) in [6.07, 6.45) is 10.1. The number of carbonyl (C=O) groups is 1. The summed E-state index contributed by atoms with van der Waals surface area (Å²) < 4.78 is 0. The number of likely N-dealkylation sites (tertiary alicyclic amines) is 2. The maximum Gasteiger partial charge on any atom is 0.293 e. The summed E-state index contributed by atoms with van der Waals surface area (Å²) in [4.78, 5) is 30.3. The lowest BCUT2D eigenvalue weighted by atomic mass is 10.0. The third kappa shape index (κ3) is 4.61. The summed E-state index contributed by atoms with van der Waals surface area (Å²) in [7, 11) is 0. The van der Waals surface area contributed by atoms with Gasteiger partial charge in [-0.25, -0.2) is 0 Å². The van der Waals surface area contributed by atoms with Gasteiger partial charge in [-0.2, -0.15) is 0 Å². The van der Waals surface area contributed by atoms with Crippen LogP contribution in [0.15, 0.2) is 24.3 Å². The molecular formula is C22H30N4O3. The van der Waals surface area contributed by atoms with Crippen LogP contribution in [0.4, 0.5) is 11.4 Å². The van der Waals surface area contributed by atoms with Crippen molar-refractivity contribution < 1.29 is 9.72 Å². The Kier molecular flexibility index (Phi) is 6.13. The molecule has 0 unspecified atom stereocenters. The Balaban J connectivity index is 1.37. The number of benzene rings is 1. The van der Waals surface area contributed by atoms with E-state index in [4.69, 9.17) is 0 Å². The van der Waals surface area contributed by atoms with Crippen molar-refractivity contribution in [2.45, 2.75) is 44.6 Å². The molecule has 156 valence electrons. The first-order chi connectivity index (χ1) is 14.1. The van der Waals surface area contributed by atoms with Crippen LogP contribution in [-0.2, 0) is 4.79 Å². The molecular weight excluding hydrogens is 368 g/mol. The molecule has 3 aliphatic heterocycles. The first-order valence-corrected chi connectivity index (χ1v) is 10.9. The molecule has 0 radical (unpaired) electrons. The number of rotatable bonds is 5. The fourth-order valence-electron chi connectivity index (χ4n) is 4.85. The van der Waals surface area contributed by atoms with Crippen LogP contribution >= 0.6 is 0 Å². The number of nitrogens with zero attached hydrogens (tertiary/aromatic N) is 4. The minimum absolute atomic E-state index is 0.00357. The minimum Gasteiger partial charge on any atom is -0.366 e. The average molecular weight is 399 g/mol. The van der Waals surface area contributed by atoms with Gasteiger partial charge in [-0.3, -0.25) is 14.9 Å². The fraction of sp³-hybridized carbons (Fsp3) is 0.591. The summed E-state index contributed by atoms with van der Waals surface area (Å²) >= 11 is 0. The van der Waals surface area contributed by atoms with Crippen LogP contribution in [-0.4, -0.2) is 65.9 Å². The SMILES string of the molecule is O=C(C=Cc1ccc(N2CCCC2)c([N+](=O)[O-])c1)N1CCC(N2CCCC2)CC1. The van der Waals surface area contributed by atoms with Crippen molar-refractivity contribution in [3.63, 3.8) is 0 Å². The van der Waals surface area contributed by atoms with Crippen molar-refractivity contribution in [2.24, 2.45) is 0 Å². The van der Waals surface area contributed by atoms with Gasteiger partial charge in [-0.05, 0) is 69.3 Å². The summed E-state index contributed by atoms with van der Waals surface area (Å²) in [5.41, 5.74) is 1.49. The Bertz CT molecular complexity index is 774. The highest BCUT2D eigenvalue weighted by Gasteiger charge is 2.27. The molecule has 0 bridgehead atoms. The van der Waals surface area contributed by atoms with E-state index in [0.717, 1.165) is 51.9 Å². The van der Waals surface area contributed by atoms with Gasteiger partial charge in [0.2, 0.25) is 5.91 Å². The zero-order chi connectivity index (χ0) is 20.2. The van der Waals surface area contributed by atoms with Crippen molar-refractivity contribution in [1.82, 2.24) is 9.80 Å². The standard InChI is InChI=1S/C22H30N4O3/c27-22(25-15-9-19(10-16-25)23-11-1-2-12-23)8-6-18-5-7-20(21(17-18)26(28)29)24-13-3-4-14-24/h5-8,17,19H,1-4,9-16H2. The van der Waals surface area contributed by atoms with E-state index >= 15 is 0 Å². The molecule has 0 aromatic heterocycles. The molecule has 1 aromatic carbocycles. The van der Waals surface area contributed by atoms with Crippen LogP contribution in [0.3, 0.4) is 0 Å². The quantitative estimate of drug-likeness (QED) is 0.432. The zero-order valence-electron chi connectivity index (χ0n) is 17.0. The Morgan fingerprint density at radius 3 is 2.31 bits per heavy atom. The molecule has 0 N–H and O–H groups in total. The second-order valence-corrected chi connectivity index (χ2v) is 8.33. The van der Waals surface area contributed by atoms with Crippen molar-refractivity contribution in [2.75, 3.05) is 44.2 Å². The van der Waals surface area contributed by atoms with Crippen LogP contribution in [0.5, 0.6) is 0 Å². The highest BCUT2D eigenvalue weighted by Crippen LogP contribution is 2.32. The van der Waals surface area contributed by atoms with E-state index in [1.807, 2.05) is 17.0 Å². The molecule has 0 atom stereocenters. The summed E-state index contributed by atoms with van der Waals surface area (Å²) in [5, 5.41) is 11.5. The molecule has 3 fully saturated rings. The average Bonchev–Trinajstić information content (AvgIpc) is 3.46. The number of nitro groups is 1. The molecule has 3 heterocycles. The predicted molar refractivity (Wildman–Crippen MR) is 114 cm³/mol. The molecule has 7 nitrogen and oxygen atoms in total. The minimum atomic E-state index is -0.323. The Morgan fingerprint density at radius 1 is 1.00 bits per heavy atom. The van der Waals surface area contributed by atoms with Gasteiger partial charge < -0.3 is 14.7 Å². The maximum absolute atomic E-state index is 12.6. The molecule has 29 heavy (non-hydrogen) atoms. The molecule has 0 spiro atoms. The Hall–Kier alpha value is -2.41. The lowest BCUT2D eigenvalue weighted by Crippen LogP contribution is -2.45. The first kappa shape index (κ1) is 19.9. The Morgan fingerprint density at radius 2 is 1.66 bits per heavy atom. The highest BCUT2D eigenvalue weighted by molar-refractivity contribution is 5.92. The van der Waals surface area contributed by atoms with Gasteiger partial charge >= 0.3 is 0 Å². The second-order valence-electron chi connectivity index (χ2n) is 8.33. The topological polar surface area (TPSA) is 69.9 Å². The van der Waals surface area contributed by atoms with E-state index in [9.17, 15) is 14.9 Å². The molecule has 4 rings (SSSR count). The smallest absolute Gasteiger partial charge is 0.293 e. The van der Waals surface area contributed by atoms with Gasteiger partial charge in [0, 0.05) is 44.4 Å². The van der Waals surface area contributed by atoms with Crippen LogP contribution in [0.25, 0.3) is 6.08 Å². The van der Waals surface area contributed by atoms with Gasteiger partial charge in [0.25, 0.3) is 5.69 Å². The van der Waals surface area contributed by atoms with E-state index in [1.165, 1.54) is 25.9 Å². The molecule has 1 amide bonds. The van der Waals surface area contributed by atoms with Gasteiger partial charge in [-0.1, -0.05) is 6.07 Å². The molecule has 0 saturated carbocycles. The number of anilines is 1. The number of piperidine rings is 1. The molecule has 3 saturated heterocycles. The van der Waals surface area contributed by atoms with Gasteiger partial charge in [-0.15, -0.1) is 0 Å². The molecule has 0 aliphatic carbocycles. The molecule has 1 aromatic rings. The summed E-state index contributed by atoms with van der Waals surface area (Å²) in [6.45, 7) is 5.70. The molecule has 7 heteroatoms. The van der Waals surface area contributed by atoms with Crippen molar-refractivity contribution >= 4 is 23.4 Å². The number of carbonyl (C=O) groups excluding carboxylic acids is 1. The third-order valence-corrected chi connectivity index (χ3v) is 6.49. The lowest BCUT2D eigenvalue weighted by Gasteiger charge is -2.36. The van der Waals surface area contributed by atoms with Crippen LogP contribution in [0.1, 0.15) is 44.1 Å². The molecule has 3 aliphatic rings. The number of amides is 1. The second kappa shape index (κ2) is 8.95. The summed E-state index contributed by atoms with van der Waals surface area (Å²) in [5.74, 6) is -0.00357. The van der Waals surface area contributed by atoms with Gasteiger partial charge in [0.1, 0.15) is 5.69 Å². The normalized spacial score (nSPS) is 21.4. The van der Waals surface area contributed by atoms with E-state index < -0.39 is 0 Å². The Labute approximate surface area is 172 Å². The lowest BCUT2D eigenvalue weighted by molar-refractivity contribution is -0.384. The number of hydrogen-bond donors (Lipinski definition) is 0. The first-order valence-electron chi connectivity index (χ1n) is 10.9. The summed E-state index contributed by atoms with van der Waals surface area (Å²) in [6, 6.07) is 5.88. The van der Waals surface area contributed by atoms with Crippen LogP contribution in [0.2, 0.25) is 0 Å². The maximum atomic E-state index is 12.6. The third-order valence-electron chi connectivity index (χ3n) is 6.49. The van der Waals surface area contributed by atoms with Gasteiger partial charge in [0.05, 0.1) is 4.92 Å². The highest BCUT2D eigenvalue weighted by atomic mass is 16.6. The predicted octanol–water partition coefficient (Wildman–Crippen LogP) is 3.30. The largest absolute Gasteiger partial charge is 0.366 e. The van der Waals surface area contributed by atoms with Crippen molar-refractivity contribution in [3.05, 3.63) is 40.0 Å². The van der Waals surface area contributed by atoms with E-state index in [2.05, 4.69) is 9.80 Å². The van der Waals surface area contributed by atoms with E-state index in [-0.39, 0.29) is 16.5 Å². The van der Waals surface area contributed by atoms with Crippen molar-refractivity contribution in [3.8, 4) is 0 Å². The van der Waals surface area contributed by atoms with Crippen molar-refractivity contribution in [1.29, 1.82) is 0 Å².